The Balaban J connectivity index is 1.70. The first kappa shape index (κ1) is 10.8. The molecule has 0 radical (unpaired) electrons. The maximum absolute atomic E-state index is 12.2. The minimum absolute atomic E-state index is 0.0138. The first-order valence-electron chi connectivity index (χ1n) is 6.40. The molecule has 2 aliphatic rings. The van der Waals surface area contributed by atoms with Crippen LogP contribution in [0, 0.1) is 5.92 Å². The van der Waals surface area contributed by atoms with Gasteiger partial charge in [-0.2, -0.15) is 0 Å². The molecular weight excluding hydrogens is 216 g/mol. The second-order valence-corrected chi connectivity index (χ2v) is 5.38. The fourth-order valence-electron chi connectivity index (χ4n) is 2.21. The third-order valence-corrected chi connectivity index (χ3v) is 3.96. The summed E-state index contributed by atoms with van der Waals surface area (Å²) in [6.07, 6.45) is 4.81. The lowest BCUT2D eigenvalue weighted by atomic mass is 10.2. The Morgan fingerprint density at radius 1 is 1.47 bits per heavy atom. The van der Waals surface area contributed by atoms with Gasteiger partial charge in [0.25, 0.3) is 5.91 Å². The summed E-state index contributed by atoms with van der Waals surface area (Å²) < 4.78 is 5.22. The summed E-state index contributed by atoms with van der Waals surface area (Å²) in [5.74, 6) is 2.05. The highest BCUT2D eigenvalue weighted by atomic mass is 16.5. The van der Waals surface area contributed by atoms with E-state index in [1.165, 1.54) is 12.8 Å². The van der Waals surface area contributed by atoms with E-state index in [1.54, 1.807) is 4.90 Å². The molecule has 3 rings (SSSR count). The van der Waals surface area contributed by atoms with Gasteiger partial charge in [-0.3, -0.25) is 4.79 Å². The van der Waals surface area contributed by atoms with Gasteiger partial charge in [-0.25, -0.2) is 0 Å². The standard InChI is InChI=1S/C13H18N2O2/c1-8(9-3-4-9)15(2)13(16)11-7-12(17-14-11)10-5-6-10/h7-10H,3-6H2,1-2H3/t8-/m0/s1. The SMILES string of the molecule is C[C@@H](C1CC1)N(C)C(=O)c1cc(C2CC2)on1. The Morgan fingerprint density at radius 3 is 2.76 bits per heavy atom. The molecule has 1 aromatic heterocycles. The summed E-state index contributed by atoms with van der Waals surface area (Å²) in [6, 6.07) is 2.12. The molecule has 2 aliphatic carbocycles. The molecule has 4 nitrogen and oxygen atoms in total. The minimum atomic E-state index is -0.0138. The van der Waals surface area contributed by atoms with E-state index in [0.29, 0.717) is 23.6 Å². The smallest absolute Gasteiger partial charge is 0.276 e. The Kier molecular flexibility index (Phi) is 2.45. The van der Waals surface area contributed by atoms with Gasteiger partial charge < -0.3 is 9.42 Å². The lowest BCUT2D eigenvalue weighted by Gasteiger charge is -2.23. The molecule has 92 valence electrons. The molecule has 1 atom stereocenters. The number of aromatic nitrogens is 1. The van der Waals surface area contributed by atoms with Gasteiger partial charge in [-0.05, 0) is 38.5 Å². The van der Waals surface area contributed by atoms with Crippen LogP contribution in [0.25, 0.3) is 0 Å². The van der Waals surface area contributed by atoms with Crippen LogP contribution in [0.2, 0.25) is 0 Å². The van der Waals surface area contributed by atoms with Gasteiger partial charge in [-0.1, -0.05) is 5.16 Å². The van der Waals surface area contributed by atoms with Crippen molar-refractivity contribution in [2.45, 2.75) is 44.6 Å². The lowest BCUT2D eigenvalue weighted by Crippen LogP contribution is -2.36. The van der Waals surface area contributed by atoms with Crippen LogP contribution < -0.4 is 0 Å². The molecule has 0 spiro atoms. The van der Waals surface area contributed by atoms with Gasteiger partial charge in [-0.15, -0.1) is 0 Å². The van der Waals surface area contributed by atoms with E-state index < -0.39 is 0 Å². The largest absolute Gasteiger partial charge is 0.360 e. The van der Waals surface area contributed by atoms with Crippen molar-refractivity contribution in [3.05, 3.63) is 17.5 Å². The van der Waals surface area contributed by atoms with Gasteiger partial charge in [0, 0.05) is 25.1 Å². The highest BCUT2D eigenvalue weighted by Gasteiger charge is 2.34. The Labute approximate surface area is 101 Å². The van der Waals surface area contributed by atoms with Crippen LogP contribution in [0.4, 0.5) is 0 Å². The van der Waals surface area contributed by atoms with Crippen molar-refractivity contribution in [1.82, 2.24) is 10.1 Å². The molecule has 0 saturated heterocycles. The van der Waals surface area contributed by atoms with Crippen LogP contribution in [0.15, 0.2) is 10.6 Å². The monoisotopic (exact) mass is 234 g/mol. The van der Waals surface area contributed by atoms with Crippen LogP contribution in [0.5, 0.6) is 0 Å². The average Bonchev–Trinajstić information content (AvgIpc) is 3.24. The van der Waals surface area contributed by atoms with Crippen LogP contribution in [-0.4, -0.2) is 29.1 Å². The molecule has 0 unspecified atom stereocenters. The van der Waals surface area contributed by atoms with E-state index >= 15 is 0 Å². The summed E-state index contributed by atoms with van der Waals surface area (Å²) in [7, 11) is 1.86. The zero-order valence-electron chi connectivity index (χ0n) is 10.3. The highest BCUT2D eigenvalue weighted by Crippen LogP contribution is 2.40. The van der Waals surface area contributed by atoms with Gasteiger partial charge in [0.2, 0.25) is 0 Å². The molecule has 0 bridgehead atoms. The van der Waals surface area contributed by atoms with Crippen LogP contribution >= 0.6 is 0 Å². The Bertz CT molecular complexity index is 432. The maximum atomic E-state index is 12.2. The Morgan fingerprint density at radius 2 is 2.18 bits per heavy atom. The van der Waals surface area contributed by atoms with Crippen LogP contribution in [0.1, 0.15) is 54.8 Å². The molecule has 1 heterocycles. The van der Waals surface area contributed by atoms with Crippen LogP contribution in [0.3, 0.4) is 0 Å². The molecule has 17 heavy (non-hydrogen) atoms. The number of carbonyl (C=O) groups excluding carboxylic acids is 1. The first-order valence-corrected chi connectivity index (χ1v) is 6.40. The number of nitrogens with zero attached hydrogens (tertiary/aromatic N) is 2. The van der Waals surface area contributed by atoms with E-state index in [1.807, 2.05) is 13.1 Å². The molecular formula is C13H18N2O2. The second kappa shape index (κ2) is 3.86. The maximum Gasteiger partial charge on any atom is 0.276 e. The third-order valence-electron chi connectivity index (χ3n) is 3.96. The first-order chi connectivity index (χ1) is 8.16. The summed E-state index contributed by atoms with van der Waals surface area (Å²) in [6.45, 7) is 2.11. The number of carbonyl (C=O) groups is 1. The van der Waals surface area contributed by atoms with E-state index in [4.69, 9.17) is 4.52 Å². The van der Waals surface area contributed by atoms with Crippen molar-refractivity contribution in [3.8, 4) is 0 Å². The van der Waals surface area contributed by atoms with Crippen molar-refractivity contribution in [2.24, 2.45) is 5.92 Å². The van der Waals surface area contributed by atoms with E-state index in [-0.39, 0.29) is 5.91 Å². The molecule has 4 heteroatoms. The van der Waals surface area contributed by atoms with E-state index in [9.17, 15) is 4.79 Å². The second-order valence-electron chi connectivity index (χ2n) is 5.38. The van der Waals surface area contributed by atoms with Gasteiger partial charge in [0.05, 0.1) is 0 Å². The minimum Gasteiger partial charge on any atom is -0.360 e. The van der Waals surface area contributed by atoms with Crippen molar-refractivity contribution in [2.75, 3.05) is 7.05 Å². The highest BCUT2D eigenvalue weighted by molar-refractivity contribution is 5.92. The number of amides is 1. The van der Waals surface area contributed by atoms with Crippen molar-refractivity contribution >= 4 is 5.91 Å². The molecule has 0 aliphatic heterocycles. The zero-order chi connectivity index (χ0) is 12.0. The summed E-state index contributed by atoms with van der Waals surface area (Å²) in [4.78, 5) is 14.0. The van der Waals surface area contributed by atoms with E-state index in [0.717, 1.165) is 18.6 Å². The topological polar surface area (TPSA) is 46.3 Å². The van der Waals surface area contributed by atoms with Crippen molar-refractivity contribution in [3.63, 3.8) is 0 Å². The molecule has 1 aromatic rings. The zero-order valence-corrected chi connectivity index (χ0v) is 10.3. The summed E-state index contributed by atoms with van der Waals surface area (Å²) >= 11 is 0. The lowest BCUT2D eigenvalue weighted by molar-refractivity contribution is 0.0716. The molecule has 0 aromatic carbocycles. The molecule has 1 amide bonds. The number of rotatable bonds is 4. The Hall–Kier alpha value is -1.32. The van der Waals surface area contributed by atoms with Gasteiger partial charge in [0.1, 0.15) is 5.76 Å². The molecule has 2 saturated carbocycles. The third kappa shape index (κ3) is 2.08. The fourth-order valence-corrected chi connectivity index (χ4v) is 2.21. The predicted molar refractivity (Wildman–Crippen MR) is 62.8 cm³/mol. The van der Waals surface area contributed by atoms with Crippen molar-refractivity contribution < 1.29 is 9.32 Å². The fraction of sp³-hybridized carbons (Fsp3) is 0.692. The summed E-state index contributed by atoms with van der Waals surface area (Å²) in [5, 5.41) is 3.89. The average molecular weight is 234 g/mol. The number of hydrogen-bond acceptors (Lipinski definition) is 3. The molecule has 0 N–H and O–H groups in total. The molecule has 2 fully saturated rings. The van der Waals surface area contributed by atoms with Gasteiger partial charge in [0.15, 0.2) is 5.69 Å². The quantitative estimate of drug-likeness (QED) is 0.803. The van der Waals surface area contributed by atoms with Crippen LogP contribution in [-0.2, 0) is 0 Å². The predicted octanol–water partition coefficient (Wildman–Crippen LogP) is 2.42. The van der Waals surface area contributed by atoms with E-state index in [2.05, 4.69) is 12.1 Å². The normalized spacial score (nSPS) is 21.3. The van der Waals surface area contributed by atoms with Crippen molar-refractivity contribution in [1.29, 1.82) is 0 Å². The van der Waals surface area contributed by atoms with Gasteiger partial charge >= 0.3 is 0 Å². The summed E-state index contributed by atoms with van der Waals surface area (Å²) in [5.41, 5.74) is 0.460. The number of hydrogen-bond donors (Lipinski definition) is 0.